The Balaban J connectivity index is 5.07. The van der Waals surface area contributed by atoms with Gasteiger partial charge in [-0.3, -0.25) is 0 Å². The SMILES string of the molecule is C=C(C)C(OOC(C)(C)CC)OC(C)(C)OC(=O)OC(C)(C)OC(OOC(C)(C)CC)C(=C)C. The van der Waals surface area contributed by atoms with E-state index >= 15 is 0 Å². The fourth-order valence-corrected chi connectivity index (χ4v) is 1.86. The molecule has 0 aromatic rings. The van der Waals surface area contributed by atoms with Gasteiger partial charge in [0.05, 0.1) is 11.2 Å². The first-order valence-corrected chi connectivity index (χ1v) is 11.5. The zero-order chi connectivity index (χ0) is 27.0. The van der Waals surface area contributed by atoms with E-state index in [9.17, 15) is 4.79 Å². The Morgan fingerprint density at radius 2 is 0.971 bits per heavy atom. The van der Waals surface area contributed by atoms with Crippen LogP contribution in [0.4, 0.5) is 4.79 Å². The van der Waals surface area contributed by atoms with Gasteiger partial charge in [-0.25, -0.2) is 14.6 Å². The zero-order valence-corrected chi connectivity index (χ0v) is 23.2. The summed E-state index contributed by atoms with van der Waals surface area (Å²) in [5, 5.41) is 0. The highest BCUT2D eigenvalue weighted by atomic mass is 17.2. The van der Waals surface area contributed by atoms with Crippen LogP contribution in [-0.2, 0) is 38.5 Å². The topological polar surface area (TPSA) is 90.9 Å². The molecule has 0 spiro atoms. The molecule has 34 heavy (non-hydrogen) atoms. The second-order valence-electron chi connectivity index (χ2n) is 10.4. The third-order valence-corrected chi connectivity index (χ3v) is 4.67. The van der Waals surface area contributed by atoms with Gasteiger partial charge in [0.25, 0.3) is 0 Å². The van der Waals surface area contributed by atoms with Gasteiger partial charge in [-0.1, -0.05) is 27.0 Å². The number of hydrogen-bond acceptors (Lipinski definition) is 9. The third-order valence-electron chi connectivity index (χ3n) is 4.67. The fraction of sp³-hybridized carbons (Fsp3) is 0.800. The van der Waals surface area contributed by atoms with Gasteiger partial charge in [0.1, 0.15) is 0 Å². The first-order chi connectivity index (χ1) is 15.2. The highest BCUT2D eigenvalue weighted by molar-refractivity contribution is 5.60. The van der Waals surface area contributed by atoms with E-state index in [4.69, 9.17) is 38.5 Å². The van der Waals surface area contributed by atoms with Crippen LogP contribution in [0.15, 0.2) is 24.3 Å². The Bertz CT molecular complexity index is 624. The molecule has 9 nitrogen and oxygen atoms in total. The molecule has 0 heterocycles. The Morgan fingerprint density at radius 3 is 1.21 bits per heavy atom. The summed E-state index contributed by atoms with van der Waals surface area (Å²) in [6.45, 7) is 28.7. The molecule has 0 aromatic heterocycles. The minimum absolute atomic E-state index is 0.525. The highest BCUT2D eigenvalue weighted by Gasteiger charge is 2.36. The second kappa shape index (κ2) is 13.0. The molecule has 0 radical (unpaired) electrons. The Hall–Kier alpha value is -1.49. The average Bonchev–Trinajstić information content (AvgIpc) is 2.66. The van der Waals surface area contributed by atoms with Gasteiger partial charge in [0, 0.05) is 27.7 Å². The monoisotopic (exact) mass is 490 g/mol. The summed E-state index contributed by atoms with van der Waals surface area (Å²) in [4.78, 5) is 34.2. The largest absolute Gasteiger partial charge is 0.513 e. The van der Waals surface area contributed by atoms with E-state index in [1.54, 1.807) is 13.8 Å². The van der Waals surface area contributed by atoms with Crippen LogP contribution in [-0.4, -0.2) is 41.5 Å². The number of hydrogen-bond donors (Lipinski definition) is 0. The predicted octanol–water partition coefficient (Wildman–Crippen LogP) is 6.72. The maximum Gasteiger partial charge on any atom is 0.513 e. The molecule has 0 aliphatic carbocycles. The standard InChI is InChI=1S/C25H46O9/c1-15-22(7,8)33-31-19(17(3)4)27-24(11,12)29-21(26)30-25(13,14)28-20(18(5)6)32-34-23(9,10)16-2/h19-20H,3,5,15-16H2,1-2,4,6-14H3. The lowest BCUT2D eigenvalue weighted by Crippen LogP contribution is -2.42. The Labute approximate surface area is 205 Å². The molecule has 0 saturated heterocycles. The molecule has 0 N–H and O–H groups in total. The number of ether oxygens (including phenoxy) is 4. The van der Waals surface area contributed by atoms with Crippen LogP contribution in [0, 0.1) is 0 Å². The first-order valence-electron chi connectivity index (χ1n) is 11.5. The van der Waals surface area contributed by atoms with Crippen LogP contribution in [0.5, 0.6) is 0 Å². The lowest BCUT2D eigenvalue weighted by Gasteiger charge is -2.34. The third kappa shape index (κ3) is 13.4. The van der Waals surface area contributed by atoms with E-state index in [2.05, 4.69) is 13.2 Å². The van der Waals surface area contributed by atoms with E-state index in [0.29, 0.717) is 24.0 Å². The smallest absolute Gasteiger partial charge is 0.402 e. The van der Waals surface area contributed by atoms with E-state index in [0.717, 1.165) is 0 Å². The molecular formula is C25H46O9. The molecule has 0 amide bonds. The lowest BCUT2D eigenvalue weighted by atomic mass is 10.1. The summed E-state index contributed by atoms with van der Waals surface area (Å²) in [6.07, 6.45) is -1.54. The highest BCUT2D eigenvalue weighted by Crippen LogP contribution is 2.26. The Morgan fingerprint density at radius 1 is 0.676 bits per heavy atom. The lowest BCUT2D eigenvalue weighted by molar-refractivity contribution is -0.437. The van der Waals surface area contributed by atoms with Gasteiger partial charge in [0.2, 0.25) is 24.2 Å². The zero-order valence-electron chi connectivity index (χ0n) is 23.2. The molecule has 0 bridgehead atoms. The number of carbonyl (C=O) groups is 1. The minimum atomic E-state index is -1.44. The van der Waals surface area contributed by atoms with Crippen molar-refractivity contribution < 1.29 is 43.3 Å². The summed E-state index contributed by atoms with van der Waals surface area (Å²) in [5.41, 5.74) is -0.00484. The van der Waals surface area contributed by atoms with Gasteiger partial charge in [-0.2, -0.15) is 9.78 Å². The van der Waals surface area contributed by atoms with Crippen molar-refractivity contribution in [3.63, 3.8) is 0 Å². The van der Waals surface area contributed by atoms with Gasteiger partial charge >= 0.3 is 6.16 Å². The molecule has 200 valence electrons. The number of rotatable bonds is 16. The number of carbonyl (C=O) groups excluding carboxylic acids is 1. The van der Waals surface area contributed by atoms with Crippen LogP contribution in [0.25, 0.3) is 0 Å². The first kappa shape index (κ1) is 32.5. The van der Waals surface area contributed by atoms with Gasteiger partial charge < -0.3 is 18.9 Å². The van der Waals surface area contributed by atoms with E-state index in [-0.39, 0.29) is 0 Å². The minimum Gasteiger partial charge on any atom is -0.402 e. The van der Waals surface area contributed by atoms with Crippen LogP contribution < -0.4 is 0 Å². The van der Waals surface area contributed by atoms with Gasteiger partial charge in [0.15, 0.2) is 0 Å². The molecule has 9 heteroatoms. The van der Waals surface area contributed by atoms with Crippen molar-refractivity contribution in [1.29, 1.82) is 0 Å². The Kier molecular flexibility index (Phi) is 12.4. The van der Waals surface area contributed by atoms with E-state index in [1.165, 1.54) is 27.7 Å². The predicted molar refractivity (Wildman–Crippen MR) is 128 cm³/mol. The molecule has 0 aliphatic heterocycles. The summed E-state index contributed by atoms with van der Waals surface area (Å²) in [5.74, 6) is -2.87. The van der Waals surface area contributed by atoms with Crippen LogP contribution in [0.1, 0.15) is 95.9 Å². The molecule has 0 aromatic carbocycles. The molecule has 2 unspecified atom stereocenters. The summed E-state index contributed by atoms with van der Waals surface area (Å²) < 4.78 is 22.2. The van der Waals surface area contributed by atoms with E-state index < -0.39 is 41.5 Å². The molecule has 0 rings (SSSR count). The van der Waals surface area contributed by atoms with Crippen LogP contribution in [0.3, 0.4) is 0 Å². The van der Waals surface area contributed by atoms with Crippen molar-refractivity contribution in [2.45, 2.75) is 131 Å². The van der Waals surface area contributed by atoms with Crippen LogP contribution in [0.2, 0.25) is 0 Å². The van der Waals surface area contributed by atoms with Crippen molar-refractivity contribution in [3.8, 4) is 0 Å². The van der Waals surface area contributed by atoms with Crippen molar-refractivity contribution >= 4 is 6.16 Å². The van der Waals surface area contributed by atoms with Gasteiger partial charge in [-0.15, -0.1) is 0 Å². The fourth-order valence-electron chi connectivity index (χ4n) is 1.86. The van der Waals surface area contributed by atoms with Crippen LogP contribution >= 0.6 is 0 Å². The molecular weight excluding hydrogens is 444 g/mol. The maximum absolute atomic E-state index is 12.5. The second-order valence-corrected chi connectivity index (χ2v) is 10.4. The summed E-state index contributed by atoms with van der Waals surface area (Å²) >= 11 is 0. The van der Waals surface area contributed by atoms with Crippen molar-refractivity contribution in [1.82, 2.24) is 0 Å². The van der Waals surface area contributed by atoms with Crippen molar-refractivity contribution in [3.05, 3.63) is 24.3 Å². The maximum atomic E-state index is 12.5. The summed E-state index contributed by atoms with van der Waals surface area (Å²) in [7, 11) is 0. The van der Waals surface area contributed by atoms with E-state index in [1.807, 2.05) is 41.5 Å². The summed E-state index contributed by atoms with van der Waals surface area (Å²) in [6, 6.07) is 0. The quantitative estimate of drug-likeness (QED) is 0.0768. The van der Waals surface area contributed by atoms with Gasteiger partial charge in [-0.05, 0) is 65.5 Å². The molecule has 2 atom stereocenters. The molecule has 0 fully saturated rings. The molecule has 0 aliphatic rings. The van der Waals surface area contributed by atoms with Crippen molar-refractivity contribution in [2.24, 2.45) is 0 Å². The normalized spacial score (nSPS) is 14.9. The average molecular weight is 491 g/mol. The van der Waals surface area contributed by atoms with Crippen molar-refractivity contribution in [2.75, 3.05) is 0 Å². The molecule has 0 saturated carbocycles.